The first-order chi connectivity index (χ1) is 11.2. The third-order valence-corrected chi connectivity index (χ3v) is 7.28. The van der Waals surface area contributed by atoms with Crippen LogP contribution in [0.4, 0.5) is 0 Å². The fourth-order valence-electron chi connectivity index (χ4n) is 2.67. The molecular formula is C15H22N2O5S2. The molecule has 0 aliphatic carbocycles. The van der Waals surface area contributed by atoms with E-state index in [0.717, 1.165) is 0 Å². The Labute approximate surface area is 143 Å². The van der Waals surface area contributed by atoms with E-state index in [1.165, 1.54) is 18.2 Å². The van der Waals surface area contributed by atoms with Crippen molar-refractivity contribution in [3.63, 3.8) is 0 Å². The number of sulfonamides is 1. The van der Waals surface area contributed by atoms with Crippen molar-refractivity contribution in [3.8, 4) is 0 Å². The molecule has 0 radical (unpaired) electrons. The molecule has 1 atom stereocenters. The van der Waals surface area contributed by atoms with Gasteiger partial charge in [0.1, 0.15) is 0 Å². The van der Waals surface area contributed by atoms with Crippen LogP contribution >= 0.6 is 0 Å². The van der Waals surface area contributed by atoms with Crippen LogP contribution in [0.15, 0.2) is 29.2 Å². The summed E-state index contributed by atoms with van der Waals surface area (Å²) in [4.78, 5) is 13.9. The Hall–Kier alpha value is -1.45. The normalized spacial score (nSPS) is 20.0. The first-order valence-corrected chi connectivity index (χ1v) is 11.1. The minimum Gasteiger partial charge on any atom is -0.339 e. The molecule has 1 aliphatic heterocycles. The highest BCUT2D eigenvalue weighted by Gasteiger charge is 2.31. The van der Waals surface area contributed by atoms with Gasteiger partial charge >= 0.3 is 0 Å². The lowest BCUT2D eigenvalue weighted by Gasteiger charge is -2.19. The van der Waals surface area contributed by atoms with E-state index in [4.69, 9.17) is 0 Å². The fraction of sp³-hybridized carbons (Fsp3) is 0.533. The second kappa shape index (κ2) is 7.20. The van der Waals surface area contributed by atoms with E-state index >= 15 is 0 Å². The molecule has 0 spiro atoms. The summed E-state index contributed by atoms with van der Waals surface area (Å²) >= 11 is 0. The van der Waals surface area contributed by atoms with E-state index in [2.05, 4.69) is 4.72 Å². The van der Waals surface area contributed by atoms with Crippen LogP contribution in [-0.4, -0.2) is 58.3 Å². The minimum absolute atomic E-state index is 0.0132. The summed E-state index contributed by atoms with van der Waals surface area (Å²) in [6, 6.07) is 5.18. The molecule has 0 bridgehead atoms. The van der Waals surface area contributed by atoms with Crippen LogP contribution in [0.2, 0.25) is 0 Å². The SMILES string of the molecule is CCN(CC)C(=O)c1cccc(S(=O)(=O)NC2CCS(=O)(=O)C2)c1. The Morgan fingerprint density at radius 3 is 2.50 bits per heavy atom. The Bertz CT molecular complexity index is 814. The third kappa shape index (κ3) is 4.34. The first kappa shape index (κ1) is 18.9. The molecule has 2 rings (SSSR count). The van der Waals surface area contributed by atoms with E-state index in [-0.39, 0.29) is 28.7 Å². The van der Waals surface area contributed by atoms with Gasteiger partial charge in [-0.05, 0) is 38.5 Å². The fourth-order valence-corrected chi connectivity index (χ4v) is 5.76. The number of carbonyl (C=O) groups excluding carboxylic acids is 1. The lowest BCUT2D eigenvalue weighted by Crippen LogP contribution is -2.36. The number of hydrogen-bond acceptors (Lipinski definition) is 5. The van der Waals surface area contributed by atoms with Crippen molar-refractivity contribution in [2.75, 3.05) is 24.6 Å². The molecule has 1 aliphatic rings. The Morgan fingerprint density at radius 1 is 1.29 bits per heavy atom. The van der Waals surface area contributed by atoms with Crippen molar-refractivity contribution in [1.82, 2.24) is 9.62 Å². The molecule has 1 heterocycles. The van der Waals surface area contributed by atoms with Crippen LogP contribution in [0.25, 0.3) is 0 Å². The van der Waals surface area contributed by atoms with Crippen LogP contribution in [0.3, 0.4) is 0 Å². The number of amides is 1. The third-order valence-electron chi connectivity index (χ3n) is 4.00. The second-order valence-corrected chi connectivity index (χ2v) is 9.67. The summed E-state index contributed by atoms with van der Waals surface area (Å²) in [5.74, 6) is -0.439. The standard InChI is InChI=1S/C15H22N2O5S2/c1-3-17(4-2)15(18)12-6-5-7-14(10-12)24(21,22)16-13-8-9-23(19,20)11-13/h5-7,10,13,16H,3-4,8-9,11H2,1-2H3. The molecule has 24 heavy (non-hydrogen) atoms. The van der Waals surface area contributed by atoms with Gasteiger partial charge < -0.3 is 4.90 Å². The lowest BCUT2D eigenvalue weighted by molar-refractivity contribution is 0.0772. The van der Waals surface area contributed by atoms with Crippen LogP contribution in [0, 0.1) is 0 Å². The maximum absolute atomic E-state index is 12.5. The van der Waals surface area contributed by atoms with Crippen molar-refractivity contribution in [2.45, 2.75) is 31.2 Å². The number of nitrogens with one attached hydrogen (secondary N) is 1. The summed E-state index contributed by atoms with van der Waals surface area (Å²) in [7, 11) is -7.05. The molecular weight excluding hydrogens is 352 g/mol. The Balaban J connectivity index is 2.22. The average molecular weight is 374 g/mol. The maximum atomic E-state index is 12.5. The summed E-state index contributed by atoms with van der Waals surface area (Å²) in [6.45, 7) is 4.77. The molecule has 1 unspecified atom stereocenters. The highest BCUT2D eigenvalue weighted by Crippen LogP contribution is 2.17. The van der Waals surface area contributed by atoms with Gasteiger partial charge in [-0.15, -0.1) is 0 Å². The predicted molar refractivity (Wildman–Crippen MR) is 91.1 cm³/mol. The van der Waals surface area contributed by atoms with Crippen molar-refractivity contribution in [3.05, 3.63) is 29.8 Å². The van der Waals surface area contributed by atoms with E-state index in [1.807, 2.05) is 13.8 Å². The van der Waals surface area contributed by atoms with Crippen LogP contribution in [0.5, 0.6) is 0 Å². The Kier molecular flexibility index (Phi) is 5.67. The van der Waals surface area contributed by atoms with Gasteiger partial charge in [0.25, 0.3) is 5.91 Å². The second-order valence-electron chi connectivity index (χ2n) is 5.73. The molecule has 134 valence electrons. The molecule has 1 saturated heterocycles. The number of nitrogens with zero attached hydrogens (tertiary/aromatic N) is 1. The van der Waals surface area contributed by atoms with Crippen molar-refractivity contribution < 1.29 is 21.6 Å². The highest BCUT2D eigenvalue weighted by atomic mass is 32.2. The molecule has 1 fully saturated rings. The van der Waals surface area contributed by atoms with Crippen molar-refractivity contribution in [2.24, 2.45) is 0 Å². The van der Waals surface area contributed by atoms with Gasteiger partial charge in [0, 0.05) is 24.7 Å². The summed E-state index contributed by atoms with van der Waals surface area (Å²) in [6.07, 6.45) is 0.264. The minimum atomic E-state index is -3.87. The van der Waals surface area contributed by atoms with Gasteiger partial charge in [0.05, 0.1) is 16.4 Å². The van der Waals surface area contributed by atoms with Gasteiger partial charge in [-0.25, -0.2) is 21.6 Å². The number of carbonyl (C=O) groups is 1. The largest absolute Gasteiger partial charge is 0.339 e. The molecule has 9 heteroatoms. The number of benzene rings is 1. The monoisotopic (exact) mass is 374 g/mol. The van der Waals surface area contributed by atoms with Gasteiger partial charge in [0.2, 0.25) is 10.0 Å². The number of sulfone groups is 1. The van der Waals surface area contributed by atoms with E-state index in [0.29, 0.717) is 18.7 Å². The quantitative estimate of drug-likeness (QED) is 0.787. The summed E-state index contributed by atoms with van der Waals surface area (Å²) in [5.41, 5.74) is 0.292. The predicted octanol–water partition coefficient (Wildman–Crippen LogP) is 0.634. The molecule has 1 amide bonds. The molecule has 1 aromatic carbocycles. The molecule has 0 saturated carbocycles. The molecule has 7 nitrogen and oxygen atoms in total. The zero-order valence-electron chi connectivity index (χ0n) is 13.7. The van der Waals surface area contributed by atoms with Gasteiger partial charge in [-0.3, -0.25) is 4.79 Å². The van der Waals surface area contributed by atoms with Crippen molar-refractivity contribution in [1.29, 1.82) is 0 Å². The lowest BCUT2D eigenvalue weighted by atomic mass is 10.2. The van der Waals surface area contributed by atoms with Crippen molar-refractivity contribution >= 4 is 25.8 Å². The highest BCUT2D eigenvalue weighted by molar-refractivity contribution is 7.92. The zero-order chi connectivity index (χ0) is 18.0. The maximum Gasteiger partial charge on any atom is 0.253 e. The number of rotatable bonds is 6. The van der Waals surface area contributed by atoms with E-state index < -0.39 is 25.9 Å². The Morgan fingerprint density at radius 2 is 1.96 bits per heavy atom. The van der Waals surface area contributed by atoms with Gasteiger partial charge in [-0.2, -0.15) is 0 Å². The van der Waals surface area contributed by atoms with Crippen LogP contribution in [-0.2, 0) is 19.9 Å². The zero-order valence-corrected chi connectivity index (χ0v) is 15.4. The van der Waals surface area contributed by atoms with Gasteiger partial charge in [-0.1, -0.05) is 6.07 Å². The van der Waals surface area contributed by atoms with Gasteiger partial charge in [0.15, 0.2) is 9.84 Å². The summed E-state index contributed by atoms with van der Waals surface area (Å²) < 4.78 is 50.2. The smallest absolute Gasteiger partial charge is 0.253 e. The first-order valence-electron chi connectivity index (χ1n) is 7.80. The van der Waals surface area contributed by atoms with E-state index in [1.54, 1.807) is 11.0 Å². The molecule has 0 aromatic heterocycles. The topological polar surface area (TPSA) is 101 Å². The molecule has 1 aromatic rings. The average Bonchev–Trinajstić information content (AvgIpc) is 2.86. The van der Waals surface area contributed by atoms with Crippen LogP contribution in [0.1, 0.15) is 30.6 Å². The van der Waals surface area contributed by atoms with Crippen LogP contribution < -0.4 is 4.72 Å². The number of hydrogen-bond donors (Lipinski definition) is 1. The molecule has 1 N–H and O–H groups in total. The van der Waals surface area contributed by atoms with E-state index in [9.17, 15) is 21.6 Å². The summed E-state index contributed by atoms with van der Waals surface area (Å²) in [5, 5.41) is 0.